The summed E-state index contributed by atoms with van der Waals surface area (Å²) in [5.74, 6) is -0.261. The number of amides is 2. The molecule has 2 amide bonds. The molecular weight excluding hydrogens is 372 g/mol. The van der Waals surface area contributed by atoms with Crippen molar-refractivity contribution in [2.24, 2.45) is 0 Å². The summed E-state index contributed by atoms with van der Waals surface area (Å²) in [5.41, 5.74) is 2.18. The smallest absolute Gasteiger partial charge is 0.303 e. The van der Waals surface area contributed by atoms with Crippen molar-refractivity contribution in [1.29, 1.82) is 0 Å². The van der Waals surface area contributed by atoms with Crippen molar-refractivity contribution >= 4 is 23.5 Å². The number of carbonyl (C=O) groups excluding carboxylic acids is 2. The van der Waals surface area contributed by atoms with E-state index in [0.717, 1.165) is 18.5 Å². The number of anilines is 1. The second kappa shape index (κ2) is 9.73. The Labute approximate surface area is 169 Å². The summed E-state index contributed by atoms with van der Waals surface area (Å²) >= 11 is 0. The predicted octanol–water partition coefficient (Wildman–Crippen LogP) is 3.30. The number of hydrogen-bond acceptors (Lipinski definition) is 4. The first-order chi connectivity index (χ1) is 14.0. The zero-order valence-electron chi connectivity index (χ0n) is 16.1. The van der Waals surface area contributed by atoms with Gasteiger partial charge < -0.3 is 20.1 Å². The molecule has 3 rings (SSSR count). The molecule has 0 unspecified atom stereocenters. The highest BCUT2D eigenvalue weighted by atomic mass is 16.5. The molecule has 7 nitrogen and oxygen atoms in total. The summed E-state index contributed by atoms with van der Waals surface area (Å²) < 4.78 is 5.47. The first-order valence-electron chi connectivity index (χ1n) is 9.64. The van der Waals surface area contributed by atoms with Gasteiger partial charge in [-0.3, -0.25) is 14.4 Å². The summed E-state index contributed by atoms with van der Waals surface area (Å²) in [4.78, 5) is 36.4. The Morgan fingerprint density at radius 2 is 1.79 bits per heavy atom. The van der Waals surface area contributed by atoms with Gasteiger partial charge in [-0.15, -0.1) is 0 Å². The minimum Gasteiger partial charge on any atom is -0.494 e. The van der Waals surface area contributed by atoms with Gasteiger partial charge in [0.15, 0.2) is 0 Å². The molecule has 29 heavy (non-hydrogen) atoms. The van der Waals surface area contributed by atoms with Gasteiger partial charge in [-0.2, -0.15) is 0 Å². The Balaban J connectivity index is 1.49. The number of ether oxygens (including phenoxy) is 1. The largest absolute Gasteiger partial charge is 0.494 e. The van der Waals surface area contributed by atoms with E-state index in [2.05, 4.69) is 5.32 Å². The monoisotopic (exact) mass is 396 g/mol. The number of carbonyl (C=O) groups is 3. The second-order valence-electron chi connectivity index (χ2n) is 6.94. The Morgan fingerprint density at radius 3 is 2.41 bits per heavy atom. The number of aliphatic carboxylic acids is 1. The third kappa shape index (κ3) is 6.07. The van der Waals surface area contributed by atoms with Gasteiger partial charge in [0, 0.05) is 37.2 Å². The minimum absolute atomic E-state index is 0.0707. The van der Waals surface area contributed by atoms with Crippen molar-refractivity contribution in [3.63, 3.8) is 0 Å². The highest BCUT2D eigenvalue weighted by molar-refractivity contribution is 6.04. The molecule has 2 aromatic rings. The second-order valence-corrected chi connectivity index (χ2v) is 6.94. The Hall–Kier alpha value is -3.35. The fourth-order valence-electron chi connectivity index (χ4n) is 3.10. The number of benzene rings is 2. The first kappa shape index (κ1) is 20.4. The normalized spacial score (nSPS) is 13.4. The third-order valence-corrected chi connectivity index (χ3v) is 4.68. The lowest BCUT2D eigenvalue weighted by molar-refractivity contribution is -0.137. The quantitative estimate of drug-likeness (QED) is 0.634. The highest BCUT2D eigenvalue weighted by Crippen LogP contribution is 2.18. The lowest BCUT2D eigenvalue weighted by atomic mass is 10.1. The molecule has 0 aromatic heterocycles. The number of hydrogen-bond donors (Lipinski definition) is 2. The molecule has 0 atom stereocenters. The average molecular weight is 396 g/mol. The van der Waals surface area contributed by atoms with E-state index in [0.29, 0.717) is 43.0 Å². The summed E-state index contributed by atoms with van der Waals surface area (Å²) in [7, 11) is 0. The van der Waals surface area contributed by atoms with Gasteiger partial charge in [0.1, 0.15) is 5.75 Å². The van der Waals surface area contributed by atoms with Crippen LogP contribution in [0.5, 0.6) is 5.75 Å². The molecular formula is C22H24N2O5. The number of rotatable bonds is 9. The Bertz CT molecular complexity index is 862. The van der Waals surface area contributed by atoms with Gasteiger partial charge in [0.2, 0.25) is 5.91 Å². The molecule has 1 heterocycles. The maximum atomic E-state index is 12.4. The van der Waals surface area contributed by atoms with Crippen LogP contribution in [0.15, 0.2) is 48.5 Å². The van der Waals surface area contributed by atoms with Crippen molar-refractivity contribution in [3.8, 4) is 5.75 Å². The molecule has 0 radical (unpaired) electrons. The van der Waals surface area contributed by atoms with Crippen LogP contribution < -0.4 is 10.1 Å². The molecule has 0 saturated carbocycles. The molecule has 0 bridgehead atoms. The Morgan fingerprint density at radius 1 is 1.07 bits per heavy atom. The van der Waals surface area contributed by atoms with Gasteiger partial charge in [0.05, 0.1) is 6.61 Å². The van der Waals surface area contributed by atoms with Crippen LogP contribution in [0.2, 0.25) is 0 Å². The summed E-state index contributed by atoms with van der Waals surface area (Å²) in [6, 6.07) is 14.2. The van der Waals surface area contributed by atoms with Crippen LogP contribution in [0.4, 0.5) is 5.69 Å². The van der Waals surface area contributed by atoms with E-state index in [1.807, 2.05) is 17.0 Å². The van der Waals surface area contributed by atoms with E-state index in [1.54, 1.807) is 36.4 Å². The molecule has 1 saturated heterocycles. The lowest BCUT2D eigenvalue weighted by Gasteiger charge is -2.15. The molecule has 2 aromatic carbocycles. The van der Waals surface area contributed by atoms with Gasteiger partial charge in [0.25, 0.3) is 5.91 Å². The van der Waals surface area contributed by atoms with E-state index in [9.17, 15) is 14.4 Å². The van der Waals surface area contributed by atoms with E-state index < -0.39 is 5.97 Å². The average Bonchev–Trinajstić information content (AvgIpc) is 3.11. The Kier molecular flexibility index (Phi) is 6.84. The lowest BCUT2D eigenvalue weighted by Crippen LogP contribution is -2.23. The van der Waals surface area contributed by atoms with Crippen LogP contribution in [0.25, 0.3) is 0 Å². The molecule has 0 aliphatic carbocycles. The first-order valence-corrected chi connectivity index (χ1v) is 9.64. The number of likely N-dealkylation sites (tertiary alicyclic amines) is 1. The minimum atomic E-state index is -0.843. The molecule has 1 fully saturated rings. The van der Waals surface area contributed by atoms with Crippen LogP contribution in [-0.2, 0) is 16.1 Å². The summed E-state index contributed by atoms with van der Waals surface area (Å²) in [6.45, 7) is 1.70. The van der Waals surface area contributed by atoms with Crippen molar-refractivity contribution in [1.82, 2.24) is 4.90 Å². The molecule has 7 heteroatoms. The topological polar surface area (TPSA) is 95.9 Å². The van der Waals surface area contributed by atoms with Crippen LogP contribution in [0, 0.1) is 0 Å². The van der Waals surface area contributed by atoms with E-state index in [1.165, 1.54) is 0 Å². The van der Waals surface area contributed by atoms with E-state index in [-0.39, 0.29) is 18.2 Å². The molecule has 0 spiro atoms. The van der Waals surface area contributed by atoms with Crippen molar-refractivity contribution < 1.29 is 24.2 Å². The van der Waals surface area contributed by atoms with Crippen LogP contribution >= 0.6 is 0 Å². The van der Waals surface area contributed by atoms with Crippen molar-refractivity contribution in [3.05, 3.63) is 59.7 Å². The zero-order chi connectivity index (χ0) is 20.6. The molecule has 152 valence electrons. The van der Waals surface area contributed by atoms with E-state index >= 15 is 0 Å². The van der Waals surface area contributed by atoms with Gasteiger partial charge in [-0.25, -0.2) is 0 Å². The van der Waals surface area contributed by atoms with Crippen molar-refractivity contribution in [2.75, 3.05) is 18.5 Å². The van der Waals surface area contributed by atoms with Crippen LogP contribution in [0.1, 0.15) is 41.6 Å². The standard InChI is InChI=1S/C22H24N2O5/c25-20-3-1-13-24(20)15-16-5-7-17(8-6-16)22(28)23-18-9-11-19(12-10-18)29-14-2-4-21(26)27/h5-12H,1-4,13-15H2,(H,23,28)(H,26,27). The number of carboxylic acid groups (broad SMARTS) is 1. The van der Waals surface area contributed by atoms with E-state index in [4.69, 9.17) is 9.84 Å². The maximum absolute atomic E-state index is 12.4. The molecule has 1 aliphatic heterocycles. The third-order valence-electron chi connectivity index (χ3n) is 4.68. The number of nitrogens with one attached hydrogen (secondary N) is 1. The zero-order valence-corrected chi connectivity index (χ0v) is 16.1. The predicted molar refractivity (Wildman–Crippen MR) is 108 cm³/mol. The highest BCUT2D eigenvalue weighted by Gasteiger charge is 2.20. The number of nitrogens with zero attached hydrogens (tertiary/aromatic N) is 1. The maximum Gasteiger partial charge on any atom is 0.303 e. The number of carboxylic acids is 1. The van der Waals surface area contributed by atoms with Gasteiger partial charge in [-0.05, 0) is 54.8 Å². The van der Waals surface area contributed by atoms with Crippen LogP contribution in [-0.4, -0.2) is 40.9 Å². The molecule has 2 N–H and O–H groups in total. The fourth-order valence-corrected chi connectivity index (χ4v) is 3.10. The van der Waals surface area contributed by atoms with Gasteiger partial charge in [-0.1, -0.05) is 12.1 Å². The fraction of sp³-hybridized carbons (Fsp3) is 0.318. The molecule has 1 aliphatic rings. The summed E-state index contributed by atoms with van der Waals surface area (Å²) in [5, 5.41) is 11.4. The van der Waals surface area contributed by atoms with Crippen molar-refractivity contribution in [2.45, 2.75) is 32.2 Å². The summed E-state index contributed by atoms with van der Waals surface area (Å²) in [6.07, 6.45) is 2.04. The van der Waals surface area contributed by atoms with Crippen LogP contribution in [0.3, 0.4) is 0 Å². The van der Waals surface area contributed by atoms with Gasteiger partial charge >= 0.3 is 5.97 Å². The SMILES string of the molecule is O=C(O)CCCOc1ccc(NC(=O)c2ccc(CN3CCCC3=O)cc2)cc1.